The highest BCUT2D eigenvalue weighted by Gasteiger charge is 2.25. The summed E-state index contributed by atoms with van der Waals surface area (Å²) in [5.41, 5.74) is 7.77. The summed E-state index contributed by atoms with van der Waals surface area (Å²) < 4.78 is 12.6. The number of hydrogen-bond acceptors (Lipinski definition) is 11. The van der Waals surface area contributed by atoms with E-state index in [9.17, 15) is 9.59 Å². The largest absolute Gasteiger partial charge is 0.480 e. The average molecular weight is 555 g/mol. The normalized spacial score (nSPS) is 16.0. The summed E-state index contributed by atoms with van der Waals surface area (Å²) in [5, 5.41) is 17.7. The Bertz CT molecular complexity index is 1530. The third-order valence-corrected chi connectivity index (χ3v) is 7.97. The number of ether oxygens (including phenoxy) is 2. The van der Waals surface area contributed by atoms with Crippen LogP contribution in [0.5, 0.6) is 11.8 Å². The van der Waals surface area contributed by atoms with Crippen LogP contribution in [0.3, 0.4) is 0 Å². The van der Waals surface area contributed by atoms with E-state index in [2.05, 4.69) is 20.6 Å². The number of benzene rings is 1. The Hall–Kier alpha value is -3.52. The minimum absolute atomic E-state index is 0.0203. The molecule has 3 aromatic heterocycles. The highest BCUT2D eigenvalue weighted by atomic mass is 32.2. The van der Waals surface area contributed by atoms with Crippen molar-refractivity contribution in [1.29, 1.82) is 0 Å². The van der Waals surface area contributed by atoms with E-state index in [1.165, 1.54) is 11.3 Å². The Kier molecular flexibility index (Phi) is 7.61. The summed E-state index contributed by atoms with van der Waals surface area (Å²) in [5.74, 6) is -0.469. The number of carboxylic acids is 1. The molecular weight excluding hydrogens is 528 g/mol. The number of hydrogen-bond donors (Lipinski definition) is 4. The Morgan fingerprint density at radius 1 is 1.32 bits per heavy atom. The molecule has 0 spiro atoms. The number of rotatable bonds is 9. The van der Waals surface area contributed by atoms with Crippen LogP contribution in [-0.2, 0) is 16.1 Å². The predicted octanol–water partition coefficient (Wildman–Crippen LogP) is 3.62. The van der Waals surface area contributed by atoms with Gasteiger partial charge in [0.05, 0.1) is 23.4 Å². The predicted molar refractivity (Wildman–Crippen MR) is 146 cm³/mol. The van der Waals surface area contributed by atoms with Gasteiger partial charge in [0, 0.05) is 52.7 Å². The van der Waals surface area contributed by atoms with Crippen molar-refractivity contribution in [2.75, 3.05) is 24.2 Å². The van der Waals surface area contributed by atoms with E-state index in [0.717, 1.165) is 32.9 Å². The first-order chi connectivity index (χ1) is 18.3. The van der Waals surface area contributed by atoms with Crippen molar-refractivity contribution >= 4 is 61.7 Å². The number of aromatic nitrogens is 3. The molecule has 0 saturated heterocycles. The summed E-state index contributed by atoms with van der Waals surface area (Å²) in [4.78, 5) is 37.9. The number of carbonyl (C=O) groups excluding carboxylic acids is 1. The number of thiophene rings is 1. The molecule has 1 unspecified atom stereocenters. The topological polar surface area (TPSA) is 162 Å². The Balaban J connectivity index is 1.48. The van der Waals surface area contributed by atoms with Gasteiger partial charge in [-0.25, -0.2) is 9.97 Å². The number of thioether (sulfide) groups is 1. The summed E-state index contributed by atoms with van der Waals surface area (Å²) in [6, 6.07) is 6.52. The maximum absolute atomic E-state index is 12.7. The molecule has 1 aromatic carbocycles. The van der Waals surface area contributed by atoms with E-state index in [1.807, 2.05) is 32.0 Å². The number of amides is 1. The summed E-state index contributed by atoms with van der Waals surface area (Å²) in [7, 11) is 0. The Labute approximate surface area is 226 Å². The number of nitrogens with one attached hydrogen (secondary N) is 2. The van der Waals surface area contributed by atoms with Gasteiger partial charge in [0.2, 0.25) is 11.8 Å². The van der Waals surface area contributed by atoms with Crippen molar-refractivity contribution in [1.82, 2.24) is 20.3 Å². The average Bonchev–Trinajstić information content (AvgIpc) is 3.22. The lowest BCUT2D eigenvalue weighted by Gasteiger charge is -2.12. The number of nitrogens with zero attached hydrogens (tertiary/aromatic N) is 3. The lowest BCUT2D eigenvalue weighted by molar-refractivity contribution is -0.137. The Morgan fingerprint density at radius 2 is 2.16 bits per heavy atom. The molecule has 0 aliphatic carbocycles. The zero-order chi connectivity index (χ0) is 26.8. The smallest absolute Gasteiger partial charge is 0.321 e. The number of fused-ring (bicyclic) bond motifs is 5. The van der Waals surface area contributed by atoms with Crippen LogP contribution in [-0.4, -0.2) is 62.9 Å². The third kappa shape index (κ3) is 5.36. The van der Waals surface area contributed by atoms with Gasteiger partial charge in [-0.2, -0.15) is 4.98 Å². The molecule has 13 heteroatoms. The van der Waals surface area contributed by atoms with Gasteiger partial charge in [-0.05, 0) is 32.0 Å². The number of aliphatic carboxylic acids is 1. The first kappa shape index (κ1) is 26.1. The van der Waals surface area contributed by atoms with E-state index in [4.69, 9.17) is 25.3 Å². The fourth-order valence-corrected chi connectivity index (χ4v) is 5.79. The van der Waals surface area contributed by atoms with Crippen LogP contribution in [0.25, 0.3) is 21.0 Å². The van der Waals surface area contributed by atoms with Crippen LogP contribution in [0, 0.1) is 0 Å². The minimum Gasteiger partial charge on any atom is -0.480 e. The van der Waals surface area contributed by atoms with E-state index < -0.39 is 12.0 Å². The van der Waals surface area contributed by atoms with Crippen LogP contribution in [0.1, 0.15) is 29.1 Å². The number of anilines is 1. The van der Waals surface area contributed by atoms with Crippen LogP contribution >= 0.6 is 23.1 Å². The third-order valence-electron chi connectivity index (χ3n) is 5.84. The van der Waals surface area contributed by atoms with Gasteiger partial charge in [0.25, 0.3) is 5.91 Å². The van der Waals surface area contributed by atoms with Crippen LogP contribution < -0.4 is 21.1 Å². The molecule has 5 rings (SSSR count). The molecule has 198 valence electrons. The molecule has 1 aliphatic heterocycles. The second-order valence-corrected chi connectivity index (χ2v) is 10.7. The first-order valence-corrected chi connectivity index (χ1v) is 13.8. The van der Waals surface area contributed by atoms with E-state index in [1.54, 1.807) is 12.3 Å². The molecule has 11 nitrogen and oxygen atoms in total. The summed E-state index contributed by atoms with van der Waals surface area (Å²) in [6.07, 6.45) is 1.59. The molecule has 0 radical (unpaired) electrons. The van der Waals surface area contributed by atoms with Gasteiger partial charge in [0.15, 0.2) is 5.16 Å². The zero-order valence-corrected chi connectivity index (χ0v) is 22.3. The minimum atomic E-state index is -1.09. The lowest BCUT2D eigenvalue weighted by Crippen LogP contribution is -2.34. The molecule has 38 heavy (non-hydrogen) atoms. The maximum Gasteiger partial charge on any atom is 0.321 e. The highest BCUT2D eigenvalue weighted by Crippen LogP contribution is 2.41. The molecule has 1 amide bonds. The van der Waals surface area contributed by atoms with Crippen LogP contribution in [0.15, 0.2) is 35.6 Å². The van der Waals surface area contributed by atoms with Gasteiger partial charge in [-0.15, -0.1) is 11.3 Å². The number of carboxylic acid groups (broad SMARTS) is 1. The van der Waals surface area contributed by atoms with Gasteiger partial charge in [-0.1, -0.05) is 11.8 Å². The molecule has 5 N–H and O–H groups in total. The molecule has 0 bridgehead atoms. The second-order valence-electron chi connectivity index (χ2n) is 8.69. The van der Waals surface area contributed by atoms with Gasteiger partial charge >= 0.3 is 5.97 Å². The molecular formula is C25H26N6O5S2. The molecule has 2 atom stereocenters. The van der Waals surface area contributed by atoms with Crippen LogP contribution in [0.4, 0.5) is 5.69 Å². The molecule has 4 aromatic rings. The van der Waals surface area contributed by atoms with Crippen molar-refractivity contribution in [2.24, 2.45) is 5.73 Å². The quantitative estimate of drug-likeness (QED) is 0.177. The zero-order valence-electron chi connectivity index (χ0n) is 20.7. The lowest BCUT2D eigenvalue weighted by atomic mass is 10.1. The monoisotopic (exact) mass is 554 g/mol. The SMILES string of the molecule is CCOCc1cnc(SCC(N)C(=O)O)nc1Oc1ccc2c(ccc3sc4c(c32)NC[C@@H](C)NC4=O)n1. The fourth-order valence-electron chi connectivity index (χ4n) is 3.94. The van der Waals surface area contributed by atoms with E-state index >= 15 is 0 Å². The van der Waals surface area contributed by atoms with Crippen molar-refractivity contribution in [3.63, 3.8) is 0 Å². The molecule has 0 saturated carbocycles. The first-order valence-electron chi connectivity index (χ1n) is 12.0. The van der Waals surface area contributed by atoms with Gasteiger partial charge < -0.3 is 30.9 Å². The highest BCUT2D eigenvalue weighted by molar-refractivity contribution is 7.99. The standard InChI is InChI=1S/C25H26N6O5S2/c1-3-35-10-13-9-28-25(37-11-15(26)24(33)34)31-23(13)36-18-7-4-14-16(30-18)5-6-17-19(14)20-21(38-17)22(32)29-12(2)8-27-20/h4-7,9,12,15,27H,3,8,10-11,26H2,1-2H3,(H,29,32)(H,33,34)/t12-,15?/m1/s1. The number of carbonyl (C=O) groups is 2. The van der Waals surface area contributed by atoms with Gasteiger partial charge in [0.1, 0.15) is 10.9 Å². The van der Waals surface area contributed by atoms with E-state index in [0.29, 0.717) is 40.1 Å². The van der Waals surface area contributed by atoms with Crippen molar-refractivity contribution in [3.8, 4) is 11.8 Å². The number of pyridine rings is 1. The van der Waals surface area contributed by atoms with Crippen molar-refractivity contribution in [3.05, 3.63) is 40.9 Å². The fraction of sp³-hybridized carbons (Fsp3) is 0.320. The summed E-state index contributed by atoms with van der Waals surface area (Å²) >= 11 is 2.58. The van der Waals surface area contributed by atoms with E-state index in [-0.39, 0.29) is 30.2 Å². The molecule has 1 aliphatic rings. The van der Waals surface area contributed by atoms with Crippen molar-refractivity contribution in [2.45, 2.75) is 37.7 Å². The molecule has 4 heterocycles. The second kappa shape index (κ2) is 11.1. The Morgan fingerprint density at radius 3 is 2.95 bits per heavy atom. The van der Waals surface area contributed by atoms with Crippen LogP contribution in [0.2, 0.25) is 0 Å². The number of nitrogens with two attached hydrogens (primary N) is 1. The summed E-state index contributed by atoms with van der Waals surface area (Å²) in [6.45, 7) is 5.22. The maximum atomic E-state index is 12.7. The van der Waals surface area contributed by atoms with Crippen molar-refractivity contribution < 1.29 is 24.2 Å². The van der Waals surface area contributed by atoms with Gasteiger partial charge in [-0.3, -0.25) is 9.59 Å². The molecule has 0 fully saturated rings.